The van der Waals surface area contributed by atoms with Crippen LogP contribution in [0.1, 0.15) is 0 Å². The predicted molar refractivity (Wildman–Crippen MR) is 98.5 cm³/mol. The van der Waals surface area contributed by atoms with Gasteiger partial charge in [-0.25, -0.2) is 0 Å². The Hall–Kier alpha value is -3.68. The standard InChI is InChI=1S/C17H16N8/c1-18-11-6-8-12(9-7-11)20-15-10-19-25-17(21-15)22-16-13-4-2-3-5-14(13)23-24-16/h2-10,18H,1H3,(H3,20,21,22,23,24,25). The zero-order valence-electron chi connectivity index (χ0n) is 13.5. The lowest BCUT2D eigenvalue weighted by atomic mass is 10.2. The molecule has 124 valence electrons. The molecule has 4 aromatic rings. The average Bonchev–Trinajstić information content (AvgIpc) is 3.06. The third-order valence-electron chi connectivity index (χ3n) is 3.71. The van der Waals surface area contributed by atoms with Gasteiger partial charge >= 0.3 is 0 Å². The van der Waals surface area contributed by atoms with Crippen molar-refractivity contribution in [2.24, 2.45) is 0 Å². The molecule has 0 aliphatic rings. The van der Waals surface area contributed by atoms with Gasteiger partial charge in [0.25, 0.3) is 0 Å². The highest BCUT2D eigenvalue weighted by atomic mass is 15.3. The number of nitrogens with one attached hydrogen (secondary N) is 4. The van der Waals surface area contributed by atoms with Crippen molar-refractivity contribution >= 4 is 39.9 Å². The van der Waals surface area contributed by atoms with Gasteiger partial charge in [-0.15, -0.1) is 5.10 Å². The molecule has 0 saturated carbocycles. The molecule has 0 aliphatic carbocycles. The van der Waals surface area contributed by atoms with E-state index in [1.165, 1.54) is 0 Å². The zero-order chi connectivity index (χ0) is 17.1. The Morgan fingerprint density at radius 3 is 2.56 bits per heavy atom. The van der Waals surface area contributed by atoms with Crippen molar-refractivity contribution in [1.82, 2.24) is 25.4 Å². The summed E-state index contributed by atoms with van der Waals surface area (Å²) >= 11 is 0. The van der Waals surface area contributed by atoms with E-state index in [1.54, 1.807) is 6.20 Å². The van der Waals surface area contributed by atoms with E-state index < -0.39 is 0 Å². The van der Waals surface area contributed by atoms with E-state index in [0.717, 1.165) is 22.3 Å². The summed E-state index contributed by atoms with van der Waals surface area (Å²) in [7, 11) is 1.88. The van der Waals surface area contributed by atoms with Crippen molar-refractivity contribution in [2.75, 3.05) is 23.0 Å². The first-order chi connectivity index (χ1) is 12.3. The van der Waals surface area contributed by atoms with Crippen LogP contribution in [0.4, 0.5) is 29.0 Å². The van der Waals surface area contributed by atoms with Crippen LogP contribution in [0.25, 0.3) is 10.9 Å². The number of benzene rings is 2. The van der Waals surface area contributed by atoms with Gasteiger partial charge in [0.15, 0.2) is 11.6 Å². The molecule has 0 spiro atoms. The number of rotatable bonds is 5. The Kier molecular flexibility index (Phi) is 3.83. The molecule has 0 radical (unpaired) electrons. The minimum Gasteiger partial charge on any atom is -0.388 e. The van der Waals surface area contributed by atoms with Crippen LogP contribution in [0.2, 0.25) is 0 Å². The van der Waals surface area contributed by atoms with Crippen molar-refractivity contribution in [3.63, 3.8) is 0 Å². The quantitative estimate of drug-likeness (QED) is 0.444. The molecule has 0 bridgehead atoms. The Bertz CT molecular complexity index is 993. The number of anilines is 5. The number of aromatic amines is 1. The number of para-hydroxylation sites is 1. The first-order valence-electron chi connectivity index (χ1n) is 7.76. The summed E-state index contributed by atoms with van der Waals surface area (Å²) < 4.78 is 0. The van der Waals surface area contributed by atoms with Gasteiger partial charge in [-0.2, -0.15) is 15.2 Å². The SMILES string of the molecule is CNc1ccc(Nc2cnnc(Nc3n[nH]c4ccccc34)n2)cc1. The smallest absolute Gasteiger partial charge is 0.250 e. The highest BCUT2D eigenvalue weighted by Crippen LogP contribution is 2.22. The number of aromatic nitrogens is 5. The molecule has 0 amide bonds. The van der Waals surface area contributed by atoms with Crippen molar-refractivity contribution in [3.05, 3.63) is 54.7 Å². The summed E-state index contributed by atoms with van der Waals surface area (Å²) in [5, 5.41) is 25.6. The summed E-state index contributed by atoms with van der Waals surface area (Å²) in [5.41, 5.74) is 2.90. The van der Waals surface area contributed by atoms with Gasteiger partial charge in [-0.1, -0.05) is 12.1 Å². The van der Waals surface area contributed by atoms with Crippen LogP contribution in [0.15, 0.2) is 54.7 Å². The van der Waals surface area contributed by atoms with Crippen LogP contribution < -0.4 is 16.0 Å². The molecule has 8 heteroatoms. The van der Waals surface area contributed by atoms with E-state index in [0.29, 0.717) is 17.6 Å². The Labute approximate surface area is 143 Å². The molecule has 25 heavy (non-hydrogen) atoms. The minimum atomic E-state index is 0.370. The maximum absolute atomic E-state index is 4.43. The van der Waals surface area contributed by atoms with Crippen LogP contribution in [0, 0.1) is 0 Å². The molecule has 2 aromatic heterocycles. The summed E-state index contributed by atoms with van der Waals surface area (Å²) in [6.45, 7) is 0. The number of H-pyrrole nitrogens is 1. The second kappa shape index (κ2) is 6.44. The third-order valence-corrected chi connectivity index (χ3v) is 3.71. The van der Waals surface area contributed by atoms with Crippen molar-refractivity contribution in [3.8, 4) is 0 Å². The molecule has 2 heterocycles. The summed E-state index contributed by atoms with van der Waals surface area (Å²) in [6, 6.07) is 15.7. The van der Waals surface area contributed by atoms with E-state index in [9.17, 15) is 0 Å². The third kappa shape index (κ3) is 3.18. The van der Waals surface area contributed by atoms with Crippen molar-refractivity contribution in [1.29, 1.82) is 0 Å². The Morgan fingerprint density at radius 1 is 0.920 bits per heavy atom. The van der Waals surface area contributed by atoms with Gasteiger partial charge in [-0.05, 0) is 36.4 Å². The van der Waals surface area contributed by atoms with Crippen molar-refractivity contribution < 1.29 is 0 Å². The maximum Gasteiger partial charge on any atom is 0.250 e. The average molecular weight is 332 g/mol. The Morgan fingerprint density at radius 2 is 1.72 bits per heavy atom. The van der Waals surface area contributed by atoms with E-state index in [2.05, 4.69) is 41.3 Å². The van der Waals surface area contributed by atoms with Crippen LogP contribution in [0.3, 0.4) is 0 Å². The lowest BCUT2D eigenvalue weighted by Crippen LogP contribution is -2.02. The number of fused-ring (bicyclic) bond motifs is 1. The summed E-state index contributed by atoms with van der Waals surface area (Å²) in [6.07, 6.45) is 1.57. The molecule has 0 atom stereocenters. The monoisotopic (exact) mass is 332 g/mol. The van der Waals surface area contributed by atoms with Crippen LogP contribution >= 0.6 is 0 Å². The topological polar surface area (TPSA) is 103 Å². The van der Waals surface area contributed by atoms with Gasteiger partial charge in [-0.3, -0.25) is 5.10 Å². The zero-order valence-corrected chi connectivity index (χ0v) is 13.5. The molecule has 0 aliphatic heterocycles. The first-order valence-corrected chi connectivity index (χ1v) is 7.76. The van der Waals surface area contributed by atoms with E-state index in [-0.39, 0.29) is 0 Å². The van der Waals surface area contributed by atoms with Gasteiger partial charge < -0.3 is 16.0 Å². The fraction of sp³-hybridized carbons (Fsp3) is 0.0588. The van der Waals surface area contributed by atoms with Gasteiger partial charge in [0.05, 0.1) is 11.7 Å². The van der Waals surface area contributed by atoms with Gasteiger partial charge in [0.2, 0.25) is 5.95 Å². The fourth-order valence-corrected chi connectivity index (χ4v) is 2.45. The van der Waals surface area contributed by atoms with Crippen molar-refractivity contribution in [2.45, 2.75) is 0 Å². The second-order valence-electron chi connectivity index (χ2n) is 5.36. The summed E-state index contributed by atoms with van der Waals surface area (Å²) in [4.78, 5) is 4.43. The van der Waals surface area contributed by atoms with E-state index >= 15 is 0 Å². The molecular formula is C17H16N8. The fourth-order valence-electron chi connectivity index (χ4n) is 2.45. The predicted octanol–water partition coefficient (Wildman–Crippen LogP) is 3.28. The highest BCUT2D eigenvalue weighted by Gasteiger charge is 2.08. The molecule has 2 aromatic carbocycles. The minimum absolute atomic E-state index is 0.370. The van der Waals surface area contributed by atoms with Crippen LogP contribution in [0.5, 0.6) is 0 Å². The van der Waals surface area contributed by atoms with Crippen LogP contribution in [-0.2, 0) is 0 Å². The molecule has 4 N–H and O–H groups in total. The summed E-state index contributed by atoms with van der Waals surface area (Å²) in [5.74, 6) is 1.62. The lowest BCUT2D eigenvalue weighted by molar-refractivity contribution is 0.977. The number of nitrogens with zero attached hydrogens (tertiary/aromatic N) is 4. The maximum atomic E-state index is 4.43. The number of hydrogen-bond acceptors (Lipinski definition) is 7. The molecule has 8 nitrogen and oxygen atoms in total. The second-order valence-corrected chi connectivity index (χ2v) is 5.36. The lowest BCUT2D eigenvalue weighted by Gasteiger charge is -2.07. The van der Waals surface area contributed by atoms with Crippen LogP contribution in [-0.4, -0.2) is 32.4 Å². The molecule has 0 unspecified atom stereocenters. The van der Waals surface area contributed by atoms with E-state index in [4.69, 9.17) is 0 Å². The Balaban J connectivity index is 1.54. The van der Waals surface area contributed by atoms with E-state index in [1.807, 2.05) is 55.6 Å². The highest BCUT2D eigenvalue weighted by molar-refractivity contribution is 5.90. The molecule has 0 fully saturated rings. The molecule has 0 saturated heterocycles. The van der Waals surface area contributed by atoms with Gasteiger partial charge in [0, 0.05) is 23.8 Å². The number of hydrogen-bond donors (Lipinski definition) is 4. The van der Waals surface area contributed by atoms with Gasteiger partial charge in [0.1, 0.15) is 0 Å². The molecule has 4 rings (SSSR count). The normalized spacial score (nSPS) is 10.6. The largest absolute Gasteiger partial charge is 0.388 e. The first kappa shape index (κ1) is 14.9. The molecular weight excluding hydrogens is 316 g/mol.